The van der Waals surface area contributed by atoms with Crippen molar-refractivity contribution >= 4 is 39.8 Å². The molecule has 4 aromatic rings. The number of nitrogens with zero attached hydrogens (tertiary/aromatic N) is 3. The molecule has 8 heteroatoms. The number of hydrogen-bond donors (Lipinski definition) is 2. The number of carbonyl (C=O) groups excluding carboxylic acids is 1. The number of aromatic nitrogens is 3. The molecule has 0 spiro atoms. The Hall–Kier alpha value is -3.93. The van der Waals surface area contributed by atoms with Gasteiger partial charge in [-0.1, -0.05) is 17.9 Å². The van der Waals surface area contributed by atoms with Crippen molar-refractivity contribution in [2.45, 2.75) is 19.9 Å². The van der Waals surface area contributed by atoms with E-state index in [9.17, 15) is 4.79 Å². The molecule has 1 aliphatic rings. The minimum Gasteiger partial charge on any atom is -0.383 e. The van der Waals surface area contributed by atoms with Crippen LogP contribution >= 0.6 is 11.3 Å². The summed E-state index contributed by atoms with van der Waals surface area (Å²) < 4.78 is 7.46. The Morgan fingerprint density at radius 3 is 2.94 bits per heavy atom. The molecule has 3 aromatic heterocycles. The smallest absolute Gasteiger partial charge is 0.251 e. The molecule has 0 saturated heterocycles. The molecule has 0 saturated carbocycles. The van der Waals surface area contributed by atoms with Crippen LogP contribution in [0.5, 0.6) is 0 Å². The van der Waals surface area contributed by atoms with Gasteiger partial charge in [0.15, 0.2) is 5.65 Å². The van der Waals surface area contributed by atoms with Gasteiger partial charge in [-0.25, -0.2) is 9.97 Å². The van der Waals surface area contributed by atoms with E-state index in [-0.39, 0.29) is 5.91 Å². The third-order valence-electron chi connectivity index (χ3n) is 5.73. The molecule has 0 bridgehead atoms. The van der Waals surface area contributed by atoms with E-state index < -0.39 is 0 Å². The summed E-state index contributed by atoms with van der Waals surface area (Å²) in [4.78, 5) is 21.3. The summed E-state index contributed by atoms with van der Waals surface area (Å²) in [6.45, 7) is 3.70. The van der Waals surface area contributed by atoms with E-state index >= 15 is 0 Å². The zero-order chi connectivity index (χ0) is 23.5. The van der Waals surface area contributed by atoms with Gasteiger partial charge < -0.3 is 20.4 Å². The minimum atomic E-state index is -0.130. The molecule has 5 rings (SSSR count). The van der Waals surface area contributed by atoms with Gasteiger partial charge in [-0.3, -0.25) is 4.79 Å². The number of thiophene rings is 1. The van der Waals surface area contributed by atoms with Crippen molar-refractivity contribution in [2.75, 3.05) is 18.9 Å². The highest BCUT2D eigenvalue weighted by molar-refractivity contribution is 7.07. The highest BCUT2D eigenvalue weighted by atomic mass is 32.1. The number of amides is 1. The predicted molar refractivity (Wildman–Crippen MR) is 134 cm³/mol. The Morgan fingerprint density at radius 2 is 2.15 bits per heavy atom. The number of anilines is 1. The summed E-state index contributed by atoms with van der Waals surface area (Å²) in [6, 6.07) is 7.56. The summed E-state index contributed by atoms with van der Waals surface area (Å²) in [5.41, 5.74) is 12.2. The van der Waals surface area contributed by atoms with Gasteiger partial charge >= 0.3 is 0 Å². The Kier molecular flexibility index (Phi) is 6.12. The Labute approximate surface area is 201 Å². The lowest BCUT2D eigenvalue weighted by Gasteiger charge is -2.15. The number of hydrogen-bond acceptors (Lipinski definition) is 6. The van der Waals surface area contributed by atoms with E-state index in [1.54, 1.807) is 11.3 Å². The molecule has 3 N–H and O–H groups in total. The van der Waals surface area contributed by atoms with Gasteiger partial charge in [0, 0.05) is 36.0 Å². The van der Waals surface area contributed by atoms with Crippen molar-refractivity contribution in [2.24, 2.45) is 0 Å². The first-order chi connectivity index (χ1) is 16.6. The number of nitrogens with two attached hydrogens (primary N) is 1. The molecule has 0 aliphatic carbocycles. The minimum absolute atomic E-state index is 0.130. The van der Waals surface area contributed by atoms with Crippen molar-refractivity contribution in [1.82, 2.24) is 19.9 Å². The molecular formula is C26H23N5O2S. The van der Waals surface area contributed by atoms with Crippen molar-refractivity contribution in [3.63, 3.8) is 0 Å². The summed E-state index contributed by atoms with van der Waals surface area (Å²) in [5.74, 6) is 6.74. The fourth-order valence-corrected chi connectivity index (χ4v) is 4.51. The molecule has 7 nitrogen and oxygen atoms in total. The second kappa shape index (κ2) is 9.51. The van der Waals surface area contributed by atoms with Crippen molar-refractivity contribution in [1.29, 1.82) is 0 Å². The number of carbonyl (C=O) groups is 1. The number of fused-ring (bicyclic) bond motifs is 1. The van der Waals surface area contributed by atoms with Crippen molar-refractivity contribution in [3.05, 3.63) is 81.4 Å². The second-order valence-corrected chi connectivity index (χ2v) is 8.76. The fourth-order valence-electron chi connectivity index (χ4n) is 3.85. The van der Waals surface area contributed by atoms with Crippen LogP contribution in [0.25, 0.3) is 16.7 Å². The quantitative estimate of drug-likeness (QED) is 0.441. The number of benzene rings is 1. The van der Waals surface area contributed by atoms with Crippen LogP contribution in [0.1, 0.15) is 39.0 Å². The lowest BCUT2D eigenvalue weighted by Crippen LogP contribution is -2.22. The van der Waals surface area contributed by atoms with Crippen LogP contribution in [0.4, 0.5) is 5.82 Å². The molecule has 0 radical (unpaired) electrons. The van der Waals surface area contributed by atoms with Crippen LogP contribution < -0.4 is 11.1 Å². The summed E-state index contributed by atoms with van der Waals surface area (Å²) in [7, 11) is 0. The molecular weight excluding hydrogens is 446 g/mol. The highest BCUT2D eigenvalue weighted by Gasteiger charge is 2.16. The van der Waals surface area contributed by atoms with E-state index in [4.69, 9.17) is 10.5 Å². The van der Waals surface area contributed by atoms with Gasteiger partial charge in [0.25, 0.3) is 5.91 Å². The summed E-state index contributed by atoms with van der Waals surface area (Å²) >= 11 is 1.61. The standard InChI is InChI=1S/C26H23N5O2S/c1-17-2-3-20(26(32)28-13-18-8-11-34-15-18)12-19(17)4-5-21-14-31(22-6-9-33-10-7-22)25-23(21)24(27)29-16-30-25/h2-3,6,8,11-12,14-16H,7,9-10,13H2,1H3,(H,28,32)(H2,27,29,30). The zero-order valence-electron chi connectivity index (χ0n) is 18.7. The lowest BCUT2D eigenvalue weighted by atomic mass is 10.0. The lowest BCUT2D eigenvalue weighted by molar-refractivity contribution is 0.0951. The zero-order valence-corrected chi connectivity index (χ0v) is 19.5. The van der Waals surface area contributed by atoms with E-state index in [0.717, 1.165) is 45.4 Å². The van der Waals surface area contributed by atoms with Gasteiger partial charge in [0.2, 0.25) is 0 Å². The van der Waals surface area contributed by atoms with Crippen molar-refractivity contribution < 1.29 is 9.53 Å². The maximum Gasteiger partial charge on any atom is 0.251 e. The second-order valence-electron chi connectivity index (χ2n) is 7.98. The maximum absolute atomic E-state index is 12.7. The van der Waals surface area contributed by atoms with Crippen LogP contribution in [0.2, 0.25) is 0 Å². The van der Waals surface area contributed by atoms with E-state index in [0.29, 0.717) is 31.1 Å². The number of nitrogen functional groups attached to an aromatic ring is 1. The first-order valence-corrected chi connectivity index (χ1v) is 11.8. The number of rotatable bonds is 4. The fraction of sp³-hybridized carbons (Fsp3) is 0.192. The maximum atomic E-state index is 12.7. The SMILES string of the molecule is Cc1ccc(C(=O)NCc2ccsc2)cc1C#Cc1cn(C2=CCOCC2)c2ncnc(N)c12. The molecule has 1 amide bonds. The number of ether oxygens (including phenoxy) is 1. The number of aryl methyl sites for hydroxylation is 1. The van der Waals surface area contributed by atoms with Crippen molar-refractivity contribution in [3.8, 4) is 11.8 Å². The molecule has 0 fully saturated rings. The first-order valence-electron chi connectivity index (χ1n) is 10.9. The van der Waals surface area contributed by atoms with Crippen LogP contribution in [-0.2, 0) is 11.3 Å². The number of nitrogens with one attached hydrogen (secondary N) is 1. The third-order valence-corrected chi connectivity index (χ3v) is 6.46. The van der Waals surface area contributed by atoms with E-state index in [1.807, 2.05) is 58.8 Å². The summed E-state index contributed by atoms with van der Waals surface area (Å²) in [5, 5.41) is 7.70. The Balaban J connectivity index is 1.47. The largest absolute Gasteiger partial charge is 0.383 e. The summed E-state index contributed by atoms with van der Waals surface area (Å²) in [6.07, 6.45) is 6.24. The molecule has 4 heterocycles. The molecule has 0 unspecified atom stereocenters. The van der Waals surface area contributed by atoms with Gasteiger partial charge in [0.05, 0.1) is 24.2 Å². The van der Waals surface area contributed by atoms with E-state index in [1.165, 1.54) is 6.33 Å². The van der Waals surface area contributed by atoms with Gasteiger partial charge in [-0.2, -0.15) is 11.3 Å². The monoisotopic (exact) mass is 469 g/mol. The van der Waals surface area contributed by atoms with Crippen LogP contribution in [0.15, 0.2) is 53.6 Å². The molecule has 34 heavy (non-hydrogen) atoms. The average Bonchev–Trinajstić information content (AvgIpc) is 3.51. The predicted octanol–water partition coefficient (Wildman–Crippen LogP) is 3.97. The van der Waals surface area contributed by atoms with Gasteiger partial charge in [-0.15, -0.1) is 0 Å². The first kappa shape index (κ1) is 21.9. The topological polar surface area (TPSA) is 95.1 Å². The molecule has 1 aliphatic heterocycles. The molecule has 1 aromatic carbocycles. The third kappa shape index (κ3) is 4.44. The highest BCUT2D eigenvalue weighted by Crippen LogP contribution is 2.28. The Bertz CT molecular complexity index is 1460. The average molecular weight is 470 g/mol. The van der Waals surface area contributed by atoms with Gasteiger partial charge in [-0.05, 0) is 53.1 Å². The molecule has 0 atom stereocenters. The normalized spacial score (nSPS) is 13.3. The van der Waals surface area contributed by atoms with Crippen LogP contribution in [-0.4, -0.2) is 33.7 Å². The molecule has 170 valence electrons. The van der Waals surface area contributed by atoms with E-state index in [2.05, 4.69) is 27.1 Å². The van der Waals surface area contributed by atoms with Crippen LogP contribution in [0, 0.1) is 18.8 Å². The van der Waals surface area contributed by atoms with Crippen LogP contribution in [0.3, 0.4) is 0 Å². The Morgan fingerprint density at radius 1 is 1.26 bits per heavy atom. The van der Waals surface area contributed by atoms with Gasteiger partial charge in [0.1, 0.15) is 12.1 Å².